The summed E-state index contributed by atoms with van der Waals surface area (Å²) in [5.74, 6) is 0. The van der Waals surface area contributed by atoms with Crippen molar-refractivity contribution < 1.29 is 0 Å². The van der Waals surface area contributed by atoms with Gasteiger partial charge in [0.05, 0.1) is 18.1 Å². The van der Waals surface area contributed by atoms with Crippen molar-refractivity contribution in [3.05, 3.63) is 18.7 Å². The van der Waals surface area contributed by atoms with Gasteiger partial charge in [0.15, 0.2) is 0 Å². The molecule has 1 aliphatic rings. The summed E-state index contributed by atoms with van der Waals surface area (Å²) < 4.78 is 0. The number of aromatic nitrogens is 2. The first kappa shape index (κ1) is 10.4. The van der Waals surface area contributed by atoms with Crippen LogP contribution in [0, 0.1) is 0 Å². The Hall–Kier alpha value is -1.16. The summed E-state index contributed by atoms with van der Waals surface area (Å²) in [7, 11) is 0. The quantitative estimate of drug-likeness (QED) is 0.723. The van der Waals surface area contributed by atoms with E-state index < -0.39 is 0 Å². The van der Waals surface area contributed by atoms with Gasteiger partial charge in [0.1, 0.15) is 6.33 Å². The van der Waals surface area contributed by atoms with Crippen LogP contribution in [-0.4, -0.2) is 47.1 Å². The standard InChI is InChI=1S/C11H18N4/c1-10(2)14-3-5-15(6-4-14)11-7-12-9-13-8-11/h7-10H,3-6H2,1-2H3. The Morgan fingerprint density at radius 2 is 1.67 bits per heavy atom. The molecule has 1 saturated heterocycles. The van der Waals surface area contributed by atoms with E-state index in [0.29, 0.717) is 6.04 Å². The summed E-state index contributed by atoms with van der Waals surface area (Å²) >= 11 is 0. The molecule has 1 aliphatic heterocycles. The van der Waals surface area contributed by atoms with E-state index in [1.165, 1.54) is 0 Å². The molecular formula is C11H18N4. The summed E-state index contributed by atoms with van der Waals surface area (Å²) in [4.78, 5) is 12.9. The van der Waals surface area contributed by atoms with Crippen LogP contribution in [0.1, 0.15) is 13.8 Å². The van der Waals surface area contributed by atoms with Gasteiger partial charge in [0, 0.05) is 32.2 Å². The largest absolute Gasteiger partial charge is 0.366 e. The summed E-state index contributed by atoms with van der Waals surface area (Å²) in [6, 6.07) is 0.652. The molecule has 0 saturated carbocycles. The molecule has 0 bridgehead atoms. The maximum atomic E-state index is 4.05. The Morgan fingerprint density at radius 3 is 2.20 bits per heavy atom. The van der Waals surface area contributed by atoms with E-state index in [2.05, 4.69) is 33.6 Å². The molecule has 1 fully saturated rings. The fourth-order valence-corrected chi connectivity index (χ4v) is 1.95. The molecule has 0 atom stereocenters. The highest BCUT2D eigenvalue weighted by atomic mass is 15.3. The third-order valence-electron chi connectivity index (χ3n) is 2.96. The van der Waals surface area contributed by atoms with Crippen molar-refractivity contribution in [2.75, 3.05) is 31.1 Å². The predicted molar refractivity (Wildman–Crippen MR) is 61.0 cm³/mol. The lowest BCUT2D eigenvalue weighted by Gasteiger charge is -2.37. The van der Waals surface area contributed by atoms with E-state index in [0.717, 1.165) is 31.9 Å². The highest BCUT2D eigenvalue weighted by Crippen LogP contribution is 2.14. The van der Waals surface area contributed by atoms with E-state index >= 15 is 0 Å². The lowest BCUT2D eigenvalue weighted by molar-refractivity contribution is 0.209. The Balaban J connectivity index is 1.94. The van der Waals surface area contributed by atoms with Gasteiger partial charge in [-0.15, -0.1) is 0 Å². The fraction of sp³-hybridized carbons (Fsp3) is 0.636. The fourth-order valence-electron chi connectivity index (χ4n) is 1.95. The van der Waals surface area contributed by atoms with Crippen LogP contribution in [0.5, 0.6) is 0 Å². The first-order valence-electron chi connectivity index (χ1n) is 5.51. The van der Waals surface area contributed by atoms with Crippen molar-refractivity contribution in [2.45, 2.75) is 19.9 Å². The van der Waals surface area contributed by atoms with Crippen LogP contribution < -0.4 is 4.90 Å². The number of hydrogen-bond acceptors (Lipinski definition) is 4. The maximum absolute atomic E-state index is 4.05. The summed E-state index contributed by atoms with van der Waals surface area (Å²) in [6.45, 7) is 8.92. The lowest BCUT2D eigenvalue weighted by atomic mass is 10.2. The average Bonchev–Trinajstić information content (AvgIpc) is 2.30. The molecule has 0 amide bonds. The van der Waals surface area contributed by atoms with Gasteiger partial charge in [-0.1, -0.05) is 0 Å². The molecule has 2 heterocycles. The van der Waals surface area contributed by atoms with Gasteiger partial charge in [-0.3, -0.25) is 4.90 Å². The van der Waals surface area contributed by atoms with Crippen LogP contribution in [0.3, 0.4) is 0 Å². The van der Waals surface area contributed by atoms with Crippen molar-refractivity contribution in [3.63, 3.8) is 0 Å². The van der Waals surface area contributed by atoms with Gasteiger partial charge >= 0.3 is 0 Å². The average molecular weight is 206 g/mol. The molecule has 0 N–H and O–H groups in total. The van der Waals surface area contributed by atoms with Gasteiger partial charge < -0.3 is 4.90 Å². The zero-order valence-electron chi connectivity index (χ0n) is 9.43. The Morgan fingerprint density at radius 1 is 1.07 bits per heavy atom. The minimum Gasteiger partial charge on any atom is -0.366 e. The van der Waals surface area contributed by atoms with Gasteiger partial charge in [-0.2, -0.15) is 0 Å². The second-order valence-electron chi connectivity index (χ2n) is 4.21. The van der Waals surface area contributed by atoms with Crippen LogP contribution >= 0.6 is 0 Å². The van der Waals surface area contributed by atoms with Crippen molar-refractivity contribution >= 4 is 5.69 Å². The van der Waals surface area contributed by atoms with Crippen LogP contribution in [0.4, 0.5) is 5.69 Å². The lowest BCUT2D eigenvalue weighted by Crippen LogP contribution is -2.48. The number of piperazine rings is 1. The zero-order valence-corrected chi connectivity index (χ0v) is 9.43. The van der Waals surface area contributed by atoms with Crippen LogP contribution in [-0.2, 0) is 0 Å². The first-order valence-corrected chi connectivity index (χ1v) is 5.51. The van der Waals surface area contributed by atoms with Crippen molar-refractivity contribution in [1.82, 2.24) is 14.9 Å². The minimum absolute atomic E-state index is 0.652. The van der Waals surface area contributed by atoms with Crippen molar-refractivity contribution in [2.24, 2.45) is 0 Å². The van der Waals surface area contributed by atoms with E-state index in [-0.39, 0.29) is 0 Å². The summed E-state index contributed by atoms with van der Waals surface area (Å²) in [5.41, 5.74) is 1.14. The Bertz CT molecular complexity index is 291. The second-order valence-corrected chi connectivity index (χ2v) is 4.21. The van der Waals surface area contributed by atoms with Crippen LogP contribution in [0.2, 0.25) is 0 Å². The molecule has 0 radical (unpaired) electrons. The number of rotatable bonds is 2. The van der Waals surface area contributed by atoms with E-state index in [1.54, 1.807) is 6.33 Å². The van der Waals surface area contributed by atoms with Gasteiger partial charge in [0.25, 0.3) is 0 Å². The molecule has 4 heteroatoms. The molecule has 15 heavy (non-hydrogen) atoms. The number of hydrogen-bond donors (Lipinski definition) is 0. The van der Waals surface area contributed by atoms with Gasteiger partial charge in [0.2, 0.25) is 0 Å². The SMILES string of the molecule is CC(C)N1CCN(c2cncnc2)CC1. The minimum atomic E-state index is 0.652. The number of nitrogens with zero attached hydrogens (tertiary/aromatic N) is 4. The molecule has 1 aromatic heterocycles. The van der Waals surface area contributed by atoms with Crippen LogP contribution in [0.15, 0.2) is 18.7 Å². The maximum Gasteiger partial charge on any atom is 0.115 e. The molecular weight excluding hydrogens is 188 g/mol. The van der Waals surface area contributed by atoms with E-state index in [1.807, 2.05) is 12.4 Å². The van der Waals surface area contributed by atoms with Crippen molar-refractivity contribution in [1.29, 1.82) is 0 Å². The second kappa shape index (κ2) is 4.57. The summed E-state index contributed by atoms with van der Waals surface area (Å²) in [6.07, 6.45) is 5.35. The zero-order chi connectivity index (χ0) is 10.7. The number of anilines is 1. The molecule has 82 valence electrons. The highest BCUT2D eigenvalue weighted by Gasteiger charge is 2.18. The first-order chi connectivity index (χ1) is 7.27. The highest BCUT2D eigenvalue weighted by molar-refractivity contribution is 5.41. The smallest absolute Gasteiger partial charge is 0.115 e. The topological polar surface area (TPSA) is 32.3 Å². The van der Waals surface area contributed by atoms with Gasteiger partial charge in [-0.25, -0.2) is 9.97 Å². The molecule has 0 spiro atoms. The van der Waals surface area contributed by atoms with E-state index in [4.69, 9.17) is 0 Å². The monoisotopic (exact) mass is 206 g/mol. The molecule has 2 rings (SSSR count). The Kier molecular flexibility index (Phi) is 3.16. The van der Waals surface area contributed by atoms with E-state index in [9.17, 15) is 0 Å². The normalized spacial score (nSPS) is 18.5. The predicted octanol–water partition coefficient (Wildman–Crippen LogP) is 1.01. The van der Waals surface area contributed by atoms with Crippen LogP contribution in [0.25, 0.3) is 0 Å². The molecule has 4 nitrogen and oxygen atoms in total. The van der Waals surface area contributed by atoms with Gasteiger partial charge in [-0.05, 0) is 13.8 Å². The third kappa shape index (κ3) is 2.45. The van der Waals surface area contributed by atoms with Crippen molar-refractivity contribution in [3.8, 4) is 0 Å². The molecule has 0 aliphatic carbocycles. The molecule has 0 unspecified atom stereocenters. The molecule has 0 aromatic carbocycles. The summed E-state index contributed by atoms with van der Waals surface area (Å²) in [5, 5.41) is 0. The third-order valence-corrected chi connectivity index (χ3v) is 2.96. The molecule has 1 aromatic rings. The Labute approximate surface area is 90.9 Å².